The molecule has 1 atom stereocenters. The maximum Gasteiger partial charge on any atom is 0.573 e. The van der Waals surface area contributed by atoms with E-state index in [1.807, 2.05) is 0 Å². The molecular weight excluding hydrogens is 494 g/mol. The number of benzene rings is 3. The van der Waals surface area contributed by atoms with E-state index in [2.05, 4.69) is 4.74 Å². The van der Waals surface area contributed by atoms with Crippen LogP contribution in [0.1, 0.15) is 34.1 Å². The van der Waals surface area contributed by atoms with Crippen LogP contribution >= 0.6 is 0 Å². The Balaban J connectivity index is 1.81. The molecule has 1 heterocycles. The van der Waals surface area contributed by atoms with E-state index in [0.29, 0.717) is 27.9 Å². The van der Waals surface area contributed by atoms with Gasteiger partial charge >= 0.3 is 12.3 Å². The Morgan fingerprint density at radius 1 is 1.00 bits per heavy atom. The number of halogens is 4. The molecule has 192 valence electrons. The summed E-state index contributed by atoms with van der Waals surface area (Å²) >= 11 is 0. The van der Waals surface area contributed by atoms with Gasteiger partial charge in [-0.3, -0.25) is 4.79 Å². The van der Waals surface area contributed by atoms with Crippen LogP contribution in [-0.4, -0.2) is 33.9 Å². The number of carbonyl (C=O) groups excluding carboxylic acids is 1. The van der Waals surface area contributed by atoms with Gasteiger partial charge in [-0.05, 0) is 67.9 Å². The number of rotatable bonds is 8. The van der Waals surface area contributed by atoms with Gasteiger partial charge in [0.2, 0.25) is 0 Å². The van der Waals surface area contributed by atoms with Crippen molar-refractivity contribution in [2.45, 2.75) is 32.9 Å². The molecule has 0 saturated carbocycles. The number of carboxylic acid groups (broad SMARTS) is 1. The molecule has 4 aromatic rings. The lowest BCUT2D eigenvalue weighted by Gasteiger charge is -2.14. The van der Waals surface area contributed by atoms with Gasteiger partial charge in [-0.1, -0.05) is 12.1 Å². The highest BCUT2D eigenvalue weighted by Gasteiger charge is 2.32. The lowest BCUT2D eigenvalue weighted by Crippen LogP contribution is -2.22. The number of aliphatic carboxylic acids is 1. The van der Waals surface area contributed by atoms with Crippen LogP contribution in [0.5, 0.6) is 11.5 Å². The summed E-state index contributed by atoms with van der Waals surface area (Å²) in [6.07, 6.45) is -5.99. The maximum atomic E-state index is 13.4. The molecule has 4 rings (SSSR count). The molecular formula is C27H21F4NO5. The molecule has 1 aromatic heterocycles. The second-order valence-corrected chi connectivity index (χ2v) is 8.36. The summed E-state index contributed by atoms with van der Waals surface area (Å²) in [6, 6.07) is 15.3. The molecule has 3 aromatic carbocycles. The van der Waals surface area contributed by atoms with Crippen molar-refractivity contribution in [1.82, 2.24) is 4.57 Å². The largest absolute Gasteiger partial charge is 0.573 e. The summed E-state index contributed by atoms with van der Waals surface area (Å²) in [5.74, 6) is -2.22. The van der Waals surface area contributed by atoms with Crippen LogP contribution in [0, 0.1) is 12.7 Å². The molecule has 37 heavy (non-hydrogen) atoms. The van der Waals surface area contributed by atoms with E-state index in [1.165, 1.54) is 31.2 Å². The quantitative estimate of drug-likeness (QED) is 0.226. The molecule has 10 heteroatoms. The Bertz CT molecular complexity index is 1470. The van der Waals surface area contributed by atoms with Crippen LogP contribution in [0.4, 0.5) is 17.6 Å². The zero-order valence-corrected chi connectivity index (χ0v) is 19.7. The molecule has 0 amide bonds. The Morgan fingerprint density at radius 3 is 2.35 bits per heavy atom. The Kier molecular flexibility index (Phi) is 6.93. The number of hydrogen-bond acceptors (Lipinski definition) is 4. The summed E-state index contributed by atoms with van der Waals surface area (Å²) in [6.45, 7) is 3.18. The smallest absolute Gasteiger partial charge is 0.479 e. The van der Waals surface area contributed by atoms with Gasteiger partial charge in [0.1, 0.15) is 17.3 Å². The van der Waals surface area contributed by atoms with Crippen LogP contribution in [0.3, 0.4) is 0 Å². The van der Waals surface area contributed by atoms with Crippen molar-refractivity contribution in [3.05, 3.63) is 94.9 Å². The van der Waals surface area contributed by atoms with Gasteiger partial charge in [0.25, 0.3) is 0 Å². The first-order valence-corrected chi connectivity index (χ1v) is 11.1. The number of alkyl halides is 3. The SMILES string of the molecule is Cc1c(C(=O)c2ccc(F)cc2)c2ccc(OC(F)(F)F)cc2n1Cc1cccc(O[C@H](C)C(=O)O)c1. The molecule has 6 nitrogen and oxygen atoms in total. The number of aromatic nitrogens is 1. The second kappa shape index (κ2) is 9.96. The number of carboxylic acids is 1. The minimum atomic E-state index is -4.90. The van der Waals surface area contributed by atoms with E-state index in [-0.39, 0.29) is 17.7 Å². The molecule has 0 bridgehead atoms. The van der Waals surface area contributed by atoms with E-state index in [9.17, 15) is 27.2 Å². The third-order valence-electron chi connectivity index (χ3n) is 5.76. The van der Waals surface area contributed by atoms with Crippen molar-refractivity contribution >= 4 is 22.7 Å². The zero-order valence-electron chi connectivity index (χ0n) is 19.7. The number of carbonyl (C=O) groups is 2. The molecule has 0 fully saturated rings. The predicted octanol–water partition coefficient (Wildman–Crippen LogP) is 6.12. The van der Waals surface area contributed by atoms with Gasteiger partial charge in [-0.15, -0.1) is 13.2 Å². The fraction of sp³-hybridized carbons (Fsp3) is 0.185. The Labute approximate surface area is 208 Å². The number of fused-ring (bicyclic) bond motifs is 1. The monoisotopic (exact) mass is 515 g/mol. The van der Waals surface area contributed by atoms with E-state index in [0.717, 1.165) is 18.2 Å². The predicted molar refractivity (Wildman–Crippen MR) is 126 cm³/mol. The van der Waals surface area contributed by atoms with Crippen LogP contribution in [0.15, 0.2) is 66.7 Å². The molecule has 1 N–H and O–H groups in total. The minimum Gasteiger partial charge on any atom is -0.479 e. The van der Waals surface area contributed by atoms with E-state index >= 15 is 0 Å². The fourth-order valence-corrected chi connectivity index (χ4v) is 4.04. The van der Waals surface area contributed by atoms with Gasteiger partial charge in [0, 0.05) is 29.3 Å². The molecule has 0 unspecified atom stereocenters. The van der Waals surface area contributed by atoms with Gasteiger partial charge in [0.05, 0.1) is 11.1 Å². The summed E-state index contributed by atoms with van der Waals surface area (Å²) in [5, 5.41) is 9.50. The van der Waals surface area contributed by atoms with Crippen molar-refractivity contribution in [3.8, 4) is 11.5 Å². The van der Waals surface area contributed by atoms with Crippen molar-refractivity contribution in [3.63, 3.8) is 0 Å². The zero-order chi connectivity index (χ0) is 26.9. The van der Waals surface area contributed by atoms with Gasteiger partial charge in [0.15, 0.2) is 11.9 Å². The maximum absolute atomic E-state index is 13.4. The lowest BCUT2D eigenvalue weighted by atomic mass is 10.0. The van der Waals surface area contributed by atoms with E-state index < -0.39 is 35.8 Å². The third kappa shape index (κ3) is 5.74. The van der Waals surface area contributed by atoms with E-state index in [1.54, 1.807) is 35.8 Å². The third-order valence-corrected chi connectivity index (χ3v) is 5.76. The van der Waals surface area contributed by atoms with Gasteiger partial charge in [-0.2, -0.15) is 0 Å². The normalized spacial score (nSPS) is 12.4. The molecule has 0 aliphatic heterocycles. The van der Waals surface area contributed by atoms with E-state index in [4.69, 9.17) is 9.84 Å². The summed E-state index contributed by atoms with van der Waals surface area (Å²) in [4.78, 5) is 24.5. The average molecular weight is 515 g/mol. The summed E-state index contributed by atoms with van der Waals surface area (Å²) < 4.78 is 63.2. The molecule has 0 aliphatic rings. The molecule has 0 radical (unpaired) electrons. The minimum absolute atomic E-state index is 0.132. The molecule has 0 aliphatic carbocycles. The van der Waals surface area contributed by atoms with Crippen molar-refractivity contribution in [1.29, 1.82) is 0 Å². The summed E-state index contributed by atoms with van der Waals surface area (Å²) in [7, 11) is 0. The Morgan fingerprint density at radius 2 is 1.70 bits per heavy atom. The Hall–Kier alpha value is -4.34. The first-order chi connectivity index (χ1) is 17.4. The fourth-order valence-electron chi connectivity index (χ4n) is 4.04. The highest BCUT2D eigenvalue weighted by molar-refractivity contribution is 6.17. The number of ketones is 1. The second-order valence-electron chi connectivity index (χ2n) is 8.36. The highest BCUT2D eigenvalue weighted by Crippen LogP contribution is 2.34. The van der Waals surface area contributed by atoms with Gasteiger partial charge < -0.3 is 19.1 Å². The molecule has 0 saturated heterocycles. The van der Waals surface area contributed by atoms with Crippen molar-refractivity contribution in [2.75, 3.05) is 0 Å². The average Bonchev–Trinajstić information content (AvgIpc) is 3.09. The lowest BCUT2D eigenvalue weighted by molar-refractivity contribution is -0.274. The summed E-state index contributed by atoms with van der Waals surface area (Å²) in [5.41, 5.74) is 1.91. The van der Waals surface area contributed by atoms with Crippen LogP contribution in [-0.2, 0) is 11.3 Å². The van der Waals surface area contributed by atoms with Crippen LogP contribution in [0.2, 0.25) is 0 Å². The first kappa shape index (κ1) is 25.7. The first-order valence-electron chi connectivity index (χ1n) is 11.1. The standard InChI is InChI=1S/C27H21F4NO5/c1-15-24(25(33)18-6-8-19(28)9-7-18)22-11-10-21(37-27(29,30)31)13-23(22)32(15)14-17-4-3-5-20(12-17)36-16(2)26(34)35/h3-13,16H,14H2,1-2H3,(H,34,35)/t16-/m1/s1. The van der Waals surface area contributed by atoms with Gasteiger partial charge in [-0.25, -0.2) is 9.18 Å². The van der Waals surface area contributed by atoms with Crippen molar-refractivity contribution in [2.24, 2.45) is 0 Å². The molecule has 0 spiro atoms. The van der Waals surface area contributed by atoms with Crippen LogP contribution < -0.4 is 9.47 Å². The number of hydrogen-bond donors (Lipinski definition) is 1. The topological polar surface area (TPSA) is 77.8 Å². The number of ether oxygens (including phenoxy) is 2. The number of nitrogens with zero attached hydrogens (tertiary/aromatic N) is 1. The highest BCUT2D eigenvalue weighted by atomic mass is 19.4. The van der Waals surface area contributed by atoms with Crippen LogP contribution in [0.25, 0.3) is 10.9 Å². The van der Waals surface area contributed by atoms with Crippen molar-refractivity contribution < 1.29 is 41.7 Å².